The van der Waals surface area contributed by atoms with Crippen molar-refractivity contribution in [2.24, 2.45) is 23.7 Å². The fraction of sp³-hybridized carbons (Fsp3) is 0.613. The van der Waals surface area contributed by atoms with Crippen LogP contribution in [0.4, 0.5) is 4.39 Å². The predicted molar refractivity (Wildman–Crippen MR) is 138 cm³/mol. The molecule has 0 atom stereocenters. The van der Waals surface area contributed by atoms with Crippen LogP contribution in [0.3, 0.4) is 0 Å². The first-order valence-corrected chi connectivity index (χ1v) is 13.7. The van der Waals surface area contributed by atoms with Crippen LogP contribution >= 0.6 is 0 Å². The maximum atomic E-state index is 15.1. The summed E-state index contributed by atoms with van der Waals surface area (Å²) in [5.41, 5.74) is 0.878. The minimum absolute atomic E-state index is 0.0334. The van der Waals surface area contributed by atoms with E-state index in [0.29, 0.717) is 6.61 Å². The van der Waals surface area contributed by atoms with Crippen LogP contribution in [0.15, 0.2) is 42.5 Å². The van der Waals surface area contributed by atoms with Gasteiger partial charge in [0.1, 0.15) is 11.6 Å². The van der Waals surface area contributed by atoms with Gasteiger partial charge in [0, 0.05) is 5.39 Å². The van der Waals surface area contributed by atoms with E-state index in [0.717, 1.165) is 58.6 Å². The van der Waals surface area contributed by atoms with Gasteiger partial charge < -0.3 is 4.74 Å². The summed E-state index contributed by atoms with van der Waals surface area (Å²) in [7, 11) is 0. The molecule has 0 aromatic heterocycles. The van der Waals surface area contributed by atoms with Crippen molar-refractivity contribution in [3.63, 3.8) is 0 Å². The van der Waals surface area contributed by atoms with Crippen LogP contribution < -0.4 is 4.74 Å². The third kappa shape index (κ3) is 6.40. The van der Waals surface area contributed by atoms with Gasteiger partial charge in [0.15, 0.2) is 0 Å². The van der Waals surface area contributed by atoms with E-state index in [1.54, 1.807) is 0 Å². The molecule has 1 nitrogen and oxygen atoms in total. The normalized spacial score (nSPS) is 26.2. The molecule has 180 valence electrons. The number of allylic oxidation sites excluding steroid dienone is 2. The molecule has 0 spiro atoms. The Bertz CT molecular complexity index is 901. The van der Waals surface area contributed by atoms with Crippen molar-refractivity contribution in [1.29, 1.82) is 0 Å². The molecule has 2 heteroatoms. The van der Waals surface area contributed by atoms with Crippen LogP contribution in [0.25, 0.3) is 10.8 Å². The van der Waals surface area contributed by atoms with Crippen LogP contribution in [0.1, 0.15) is 90.0 Å². The molecule has 0 N–H and O–H groups in total. The quantitative estimate of drug-likeness (QED) is 0.346. The Labute approximate surface area is 200 Å². The van der Waals surface area contributed by atoms with Gasteiger partial charge in [0.2, 0.25) is 0 Å². The van der Waals surface area contributed by atoms with Gasteiger partial charge in [-0.1, -0.05) is 50.5 Å². The summed E-state index contributed by atoms with van der Waals surface area (Å²) in [5, 5.41) is 1.65. The van der Waals surface area contributed by atoms with Gasteiger partial charge in [-0.15, -0.1) is 0 Å². The van der Waals surface area contributed by atoms with Crippen molar-refractivity contribution in [3.8, 4) is 5.75 Å². The summed E-state index contributed by atoms with van der Waals surface area (Å²) in [4.78, 5) is 0. The zero-order valence-electron chi connectivity index (χ0n) is 20.8. The summed E-state index contributed by atoms with van der Waals surface area (Å²) in [6.07, 6.45) is 20.5. The molecule has 2 saturated carbocycles. The summed E-state index contributed by atoms with van der Waals surface area (Å²) in [6.45, 7) is 4.86. The summed E-state index contributed by atoms with van der Waals surface area (Å²) >= 11 is 0. The number of hydrogen-bond acceptors (Lipinski definition) is 1. The van der Waals surface area contributed by atoms with E-state index in [-0.39, 0.29) is 5.82 Å². The number of hydrogen-bond donors (Lipinski definition) is 0. The number of fused-ring (bicyclic) bond motifs is 1. The molecule has 33 heavy (non-hydrogen) atoms. The lowest BCUT2D eigenvalue weighted by atomic mass is 9.68. The average Bonchev–Trinajstić information content (AvgIpc) is 2.85. The van der Waals surface area contributed by atoms with E-state index < -0.39 is 0 Å². The molecule has 0 aliphatic heterocycles. The lowest BCUT2D eigenvalue weighted by molar-refractivity contribution is 0.152. The smallest absolute Gasteiger partial charge is 0.134 e. The Morgan fingerprint density at radius 3 is 2.33 bits per heavy atom. The van der Waals surface area contributed by atoms with E-state index in [4.69, 9.17) is 4.74 Å². The molecule has 2 aromatic carbocycles. The molecular formula is C31H43FO. The first-order valence-electron chi connectivity index (χ1n) is 13.7. The van der Waals surface area contributed by atoms with Crippen molar-refractivity contribution in [2.75, 3.05) is 6.61 Å². The number of unbranched alkanes of at least 4 members (excludes halogenated alkanes) is 1. The minimum atomic E-state index is -0.0334. The molecule has 2 aliphatic carbocycles. The van der Waals surface area contributed by atoms with Gasteiger partial charge in [0.05, 0.1) is 6.61 Å². The molecule has 2 aliphatic rings. The van der Waals surface area contributed by atoms with Gasteiger partial charge in [-0.25, -0.2) is 4.39 Å². The van der Waals surface area contributed by atoms with Crippen LogP contribution in [0.5, 0.6) is 5.75 Å². The van der Waals surface area contributed by atoms with Crippen molar-refractivity contribution in [3.05, 3.63) is 53.9 Å². The SMILES string of the molecule is CCC/C=C/C1CCC(C2CCC(CCc3ccc4cc(OCC)ccc4c3F)CC2)CC1. The highest BCUT2D eigenvalue weighted by molar-refractivity contribution is 5.85. The summed E-state index contributed by atoms with van der Waals surface area (Å²) in [6, 6.07) is 9.75. The second-order valence-electron chi connectivity index (χ2n) is 10.6. The monoisotopic (exact) mass is 450 g/mol. The second-order valence-corrected chi connectivity index (χ2v) is 10.6. The van der Waals surface area contributed by atoms with Gasteiger partial charge >= 0.3 is 0 Å². The molecule has 2 aromatic rings. The number of halogens is 1. The summed E-state index contributed by atoms with van der Waals surface area (Å²) in [5.74, 6) is 4.29. The van der Waals surface area contributed by atoms with Crippen LogP contribution in [0.2, 0.25) is 0 Å². The highest BCUT2D eigenvalue weighted by Gasteiger charge is 2.30. The largest absolute Gasteiger partial charge is 0.494 e. The molecule has 0 heterocycles. The van der Waals surface area contributed by atoms with Gasteiger partial charge in [-0.3, -0.25) is 0 Å². The van der Waals surface area contributed by atoms with E-state index in [1.165, 1.54) is 64.2 Å². The third-order valence-electron chi connectivity index (χ3n) is 8.38. The highest BCUT2D eigenvalue weighted by Crippen LogP contribution is 2.42. The van der Waals surface area contributed by atoms with E-state index >= 15 is 4.39 Å². The number of aryl methyl sites for hydroxylation is 1. The van der Waals surface area contributed by atoms with Crippen LogP contribution in [-0.4, -0.2) is 6.61 Å². The molecule has 0 amide bonds. The minimum Gasteiger partial charge on any atom is -0.494 e. The van der Waals surface area contributed by atoms with Crippen molar-refractivity contribution in [1.82, 2.24) is 0 Å². The predicted octanol–water partition coefficient (Wildman–Crippen LogP) is 9.28. The zero-order chi connectivity index (χ0) is 23.0. The lowest BCUT2D eigenvalue weighted by Gasteiger charge is -2.37. The summed E-state index contributed by atoms with van der Waals surface area (Å²) < 4.78 is 20.7. The standard InChI is InChI=1S/C31H43FO/c1-3-5-6-7-23-8-13-25(14-9-23)26-15-10-24(11-16-26)12-17-27-18-19-28-22-29(33-4-2)20-21-30(28)31(27)32/h6-7,18-26H,3-5,8-17H2,1-2H3/b7-6+. The number of benzene rings is 2. The zero-order valence-corrected chi connectivity index (χ0v) is 20.8. The Morgan fingerprint density at radius 2 is 1.64 bits per heavy atom. The Kier molecular flexibility index (Phi) is 8.87. The van der Waals surface area contributed by atoms with Crippen molar-refractivity contribution in [2.45, 2.75) is 90.9 Å². The first-order chi connectivity index (χ1) is 16.2. The van der Waals surface area contributed by atoms with Crippen LogP contribution in [-0.2, 0) is 6.42 Å². The van der Waals surface area contributed by atoms with E-state index in [2.05, 4.69) is 25.1 Å². The Balaban J connectivity index is 1.23. The highest BCUT2D eigenvalue weighted by atomic mass is 19.1. The lowest BCUT2D eigenvalue weighted by Crippen LogP contribution is -2.25. The van der Waals surface area contributed by atoms with Crippen molar-refractivity contribution < 1.29 is 9.13 Å². The number of rotatable bonds is 9. The molecule has 0 bridgehead atoms. The fourth-order valence-electron chi connectivity index (χ4n) is 6.34. The third-order valence-corrected chi connectivity index (χ3v) is 8.38. The van der Waals surface area contributed by atoms with Crippen LogP contribution in [0, 0.1) is 29.5 Å². The van der Waals surface area contributed by atoms with Gasteiger partial charge in [-0.2, -0.15) is 0 Å². The van der Waals surface area contributed by atoms with Crippen molar-refractivity contribution >= 4 is 10.8 Å². The fourth-order valence-corrected chi connectivity index (χ4v) is 6.34. The number of ether oxygens (including phenoxy) is 1. The van der Waals surface area contributed by atoms with Gasteiger partial charge in [-0.05, 0) is 118 Å². The molecule has 0 radical (unpaired) electrons. The molecule has 0 unspecified atom stereocenters. The molecule has 2 fully saturated rings. The van der Waals surface area contributed by atoms with E-state index in [1.807, 2.05) is 31.2 Å². The molecule has 4 rings (SSSR count). The molecular weight excluding hydrogens is 407 g/mol. The maximum absolute atomic E-state index is 15.1. The molecule has 0 saturated heterocycles. The topological polar surface area (TPSA) is 9.23 Å². The Morgan fingerprint density at radius 1 is 0.909 bits per heavy atom. The maximum Gasteiger partial charge on any atom is 0.134 e. The Hall–Kier alpha value is -1.83. The first kappa shape index (κ1) is 24.3. The average molecular weight is 451 g/mol. The van der Waals surface area contributed by atoms with Gasteiger partial charge in [0.25, 0.3) is 0 Å². The second kappa shape index (κ2) is 12.0. The van der Waals surface area contributed by atoms with E-state index in [9.17, 15) is 0 Å².